The summed E-state index contributed by atoms with van der Waals surface area (Å²) in [4.78, 5) is 11.9. The summed E-state index contributed by atoms with van der Waals surface area (Å²) in [5.41, 5.74) is 6.17. The molecule has 0 bridgehead atoms. The van der Waals surface area contributed by atoms with Gasteiger partial charge in [0.15, 0.2) is 17.3 Å². The number of halogens is 2. The number of benzene rings is 1. The molecule has 106 valence electrons. The summed E-state index contributed by atoms with van der Waals surface area (Å²) in [6.07, 6.45) is 2.94. The smallest absolute Gasteiger partial charge is 0.280 e. The highest BCUT2D eigenvalue weighted by Gasteiger charge is 2.15. The molecule has 0 spiro atoms. The normalized spacial score (nSPS) is 10.8. The average Bonchev–Trinajstić information content (AvgIpc) is 2.91. The molecule has 1 aromatic carbocycles. The van der Waals surface area contributed by atoms with Crippen LogP contribution in [0.4, 0.5) is 14.6 Å². The van der Waals surface area contributed by atoms with Crippen LogP contribution in [0.3, 0.4) is 0 Å². The van der Waals surface area contributed by atoms with Crippen LogP contribution >= 0.6 is 0 Å². The molecule has 0 saturated heterocycles. The molecule has 0 radical (unpaired) electrons. The van der Waals surface area contributed by atoms with Gasteiger partial charge in [-0.15, -0.1) is 0 Å². The second-order valence-electron chi connectivity index (χ2n) is 4.22. The van der Waals surface area contributed by atoms with E-state index < -0.39 is 11.6 Å². The molecule has 3 aromatic rings. The van der Waals surface area contributed by atoms with Gasteiger partial charge in [-0.2, -0.15) is 4.98 Å². The monoisotopic (exact) mass is 289 g/mol. The molecule has 2 heterocycles. The Morgan fingerprint density at radius 1 is 1.14 bits per heavy atom. The van der Waals surface area contributed by atoms with Gasteiger partial charge in [-0.1, -0.05) is 11.2 Å². The molecule has 6 nitrogen and oxygen atoms in total. The third kappa shape index (κ3) is 2.69. The van der Waals surface area contributed by atoms with Crippen molar-refractivity contribution in [3.05, 3.63) is 53.6 Å². The van der Waals surface area contributed by atoms with Crippen molar-refractivity contribution in [1.82, 2.24) is 20.1 Å². The number of nitrogen functional groups attached to an aromatic ring is 1. The van der Waals surface area contributed by atoms with Crippen molar-refractivity contribution in [3.8, 4) is 11.6 Å². The third-order valence-corrected chi connectivity index (χ3v) is 2.76. The van der Waals surface area contributed by atoms with E-state index in [4.69, 9.17) is 10.3 Å². The lowest BCUT2D eigenvalue weighted by Gasteiger charge is -1.99. The highest BCUT2D eigenvalue weighted by Crippen LogP contribution is 2.20. The highest BCUT2D eigenvalue weighted by molar-refractivity contribution is 5.61. The Morgan fingerprint density at radius 2 is 1.95 bits per heavy atom. The average molecular weight is 289 g/mol. The van der Waals surface area contributed by atoms with Gasteiger partial charge in [0.2, 0.25) is 0 Å². The fraction of sp³-hybridized carbons (Fsp3) is 0.0769. The van der Waals surface area contributed by atoms with E-state index in [-0.39, 0.29) is 35.2 Å². The number of aromatic nitrogens is 4. The van der Waals surface area contributed by atoms with Gasteiger partial charge in [-0.05, 0) is 11.6 Å². The van der Waals surface area contributed by atoms with Crippen LogP contribution in [-0.2, 0) is 6.42 Å². The van der Waals surface area contributed by atoms with Gasteiger partial charge in [0.25, 0.3) is 5.89 Å². The molecule has 21 heavy (non-hydrogen) atoms. The van der Waals surface area contributed by atoms with E-state index in [1.54, 1.807) is 0 Å². The van der Waals surface area contributed by atoms with Gasteiger partial charge in [-0.3, -0.25) is 0 Å². The number of nitrogens with two attached hydrogens (primary N) is 1. The Kier molecular flexibility index (Phi) is 3.27. The maximum absolute atomic E-state index is 13.6. The third-order valence-electron chi connectivity index (χ3n) is 2.76. The Balaban J connectivity index is 1.87. The van der Waals surface area contributed by atoms with Gasteiger partial charge in [0, 0.05) is 24.9 Å². The van der Waals surface area contributed by atoms with Gasteiger partial charge in [0.05, 0.1) is 0 Å². The molecular weight excluding hydrogens is 280 g/mol. The van der Waals surface area contributed by atoms with Crippen LogP contribution in [0.5, 0.6) is 0 Å². The molecule has 0 unspecified atom stereocenters. The maximum Gasteiger partial charge on any atom is 0.280 e. The standard InChI is InChI=1S/C13H9F2N5O/c14-8-2-1-7(9(15)6-8)5-10-19-13(21-20-10)11-12(16)18-4-3-17-11/h1-4,6H,5H2,(H2,16,18). The van der Waals surface area contributed by atoms with Crippen molar-refractivity contribution in [2.24, 2.45) is 0 Å². The number of hydrogen-bond donors (Lipinski definition) is 1. The Hall–Kier alpha value is -2.90. The first-order valence-corrected chi connectivity index (χ1v) is 5.97. The molecule has 2 N–H and O–H groups in total. The molecular formula is C13H9F2N5O. The minimum atomic E-state index is -0.666. The van der Waals surface area contributed by atoms with E-state index in [1.807, 2.05) is 0 Å². The lowest BCUT2D eigenvalue weighted by Crippen LogP contribution is -1.97. The van der Waals surface area contributed by atoms with Crippen molar-refractivity contribution >= 4 is 5.82 Å². The van der Waals surface area contributed by atoms with E-state index in [2.05, 4.69) is 20.1 Å². The molecule has 0 aliphatic heterocycles. The molecule has 0 amide bonds. The maximum atomic E-state index is 13.6. The lowest BCUT2D eigenvalue weighted by atomic mass is 10.1. The van der Waals surface area contributed by atoms with E-state index in [0.29, 0.717) is 0 Å². The first-order chi connectivity index (χ1) is 10.1. The SMILES string of the molecule is Nc1nccnc1-c1nc(Cc2ccc(F)cc2F)no1. The molecule has 0 fully saturated rings. The van der Waals surface area contributed by atoms with Crippen molar-refractivity contribution < 1.29 is 13.3 Å². The summed E-state index contributed by atoms with van der Waals surface area (Å²) in [6.45, 7) is 0. The van der Waals surface area contributed by atoms with Gasteiger partial charge >= 0.3 is 0 Å². The van der Waals surface area contributed by atoms with Crippen LogP contribution in [0.1, 0.15) is 11.4 Å². The zero-order valence-corrected chi connectivity index (χ0v) is 10.6. The van der Waals surface area contributed by atoms with Crippen LogP contribution < -0.4 is 5.73 Å². The second kappa shape index (κ2) is 5.23. The van der Waals surface area contributed by atoms with Gasteiger partial charge in [-0.25, -0.2) is 18.7 Å². The number of nitrogens with zero attached hydrogens (tertiary/aromatic N) is 4. The lowest BCUT2D eigenvalue weighted by molar-refractivity contribution is 0.422. The fourth-order valence-corrected chi connectivity index (χ4v) is 1.77. The first kappa shape index (κ1) is 13.1. The van der Waals surface area contributed by atoms with E-state index in [1.165, 1.54) is 24.5 Å². The topological polar surface area (TPSA) is 90.7 Å². The molecule has 0 saturated carbocycles. The molecule has 0 aliphatic carbocycles. The summed E-state index contributed by atoms with van der Waals surface area (Å²) >= 11 is 0. The van der Waals surface area contributed by atoms with Crippen molar-refractivity contribution in [2.75, 3.05) is 5.73 Å². The second-order valence-corrected chi connectivity index (χ2v) is 4.22. The van der Waals surface area contributed by atoms with Crippen molar-refractivity contribution in [3.63, 3.8) is 0 Å². The van der Waals surface area contributed by atoms with Crippen LogP contribution in [0.2, 0.25) is 0 Å². The largest absolute Gasteiger partial charge is 0.382 e. The first-order valence-electron chi connectivity index (χ1n) is 5.97. The van der Waals surface area contributed by atoms with Gasteiger partial charge < -0.3 is 10.3 Å². The minimum absolute atomic E-state index is 0.0653. The van der Waals surface area contributed by atoms with E-state index in [0.717, 1.165) is 6.07 Å². The van der Waals surface area contributed by atoms with Crippen LogP contribution in [0.25, 0.3) is 11.6 Å². The predicted molar refractivity (Wildman–Crippen MR) is 68.9 cm³/mol. The summed E-state index contributed by atoms with van der Waals surface area (Å²) in [6, 6.07) is 3.30. The molecule has 0 aliphatic rings. The number of anilines is 1. The van der Waals surface area contributed by atoms with Crippen LogP contribution in [-0.4, -0.2) is 20.1 Å². The number of hydrogen-bond acceptors (Lipinski definition) is 6. The Bertz CT molecular complexity index is 790. The van der Waals surface area contributed by atoms with Crippen molar-refractivity contribution in [1.29, 1.82) is 0 Å². The minimum Gasteiger partial charge on any atom is -0.382 e. The summed E-state index contributed by atoms with van der Waals surface area (Å²) in [5, 5.41) is 3.72. The van der Waals surface area contributed by atoms with Gasteiger partial charge in [0.1, 0.15) is 11.6 Å². The molecule has 8 heteroatoms. The van der Waals surface area contributed by atoms with Crippen molar-refractivity contribution in [2.45, 2.75) is 6.42 Å². The molecule has 2 aromatic heterocycles. The summed E-state index contributed by atoms with van der Waals surface area (Å²) in [5.74, 6) is -0.822. The Labute approximate surface area is 117 Å². The number of rotatable bonds is 3. The predicted octanol–water partition coefficient (Wildman–Crippen LogP) is 1.98. The van der Waals surface area contributed by atoms with E-state index in [9.17, 15) is 8.78 Å². The van der Waals surface area contributed by atoms with Crippen LogP contribution in [0.15, 0.2) is 35.1 Å². The molecule has 0 atom stereocenters. The van der Waals surface area contributed by atoms with E-state index >= 15 is 0 Å². The zero-order valence-electron chi connectivity index (χ0n) is 10.6. The zero-order chi connectivity index (χ0) is 14.8. The molecule has 3 rings (SSSR count). The highest BCUT2D eigenvalue weighted by atomic mass is 19.1. The summed E-state index contributed by atoms with van der Waals surface area (Å²) < 4.78 is 31.4. The Morgan fingerprint density at radius 3 is 2.71 bits per heavy atom. The quantitative estimate of drug-likeness (QED) is 0.792. The summed E-state index contributed by atoms with van der Waals surface area (Å²) in [7, 11) is 0. The van der Waals surface area contributed by atoms with Crippen LogP contribution in [0, 0.1) is 11.6 Å². The fourth-order valence-electron chi connectivity index (χ4n) is 1.77.